The van der Waals surface area contributed by atoms with E-state index in [0.29, 0.717) is 43.1 Å². The van der Waals surface area contributed by atoms with Gasteiger partial charge in [0.1, 0.15) is 5.75 Å². The van der Waals surface area contributed by atoms with Gasteiger partial charge < -0.3 is 15.0 Å². The Hall–Kier alpha value is -2.53. The molecule has 0 aliphatic rings. The lowest BCUT2D eigenvalue weighted by molar-refractivity contribution is -0.130. The fourth-order valence-corrected chi connectivity index (χ4v) is 2.68. The number of hydrogen-bond donors (Lipinski definition) is 1. The van der Waals surface area contributed by atoms with Crippen molar-refractivity contribution < 1.29 is 14.3 Å². The van der Waals surface area contributed by atoms with Crippen molar-refractivity contribution in [2.75, 3.05) is 20.2 Å². The molecular weight excluding hydrogens is 364 g/mol. The molecule has 5 nitrogen and oxygen atoms in total. The third kappa shape index (κ3) is 6.94. The Morgan fingerprint density at radius 2 is 1.74 bits per heavy atom. The number of halogens is 1. The van der Waals surface area contributed by atoms with Crippen LogP contribution in [0.4, 0.5) is 0 Å². The van der Waals surface area contributed by atoms with Gasteiger partial charge in [0, 0.05) is 37.1 Å². The van der Waals surface area contributed by atoms with Crippen LogP contribution in [0.3, 0.4) is 0 Å². The molecule has 0 fully saturated rings. The summed E-state index contributed by atoms with van der Waals surface area (Å²) in [5.74, 6) is 0.707. The maximum Gasteiger partial charge on any atom is 0.251 e. The lowest BCUT2D eigenvalue weighted by Crippen LogP contribution is -2.28. The van der Waals surface area contributed by atoms with E-state index in [4.69, 9.17) is 16.3 Å². The molecule has 0 radical (unpaired) electrons. The zero-order chi connectivity index (χ0) is 19.6. The van der Waals surface area contributed by atoms with Gasteiger partial charge in [0.2, 0.25) is 5.91 Å². The van der Waals surface area contributed by atoms with E-state index in [2.05, 4.69) is 5.32 Å². The molecule has 2 aromatic rings. The average Bonchev–Trinajstić information content (AvgIpc) is 2.67. The van der Waals surface area contributed by atoms with Crippen LogP contribution in [0, 0.1) is 0 Å². The first-order valence-electron chi connectivity index (χ1n) is 8.99. The number of ether oxygens (including phenoxy) is 1. The fraction of sp³-hybridized carbons (Fsp3) is 0.333. The van der Waals surface area contributed by atoms with Crippen LogP contribution in [0.1, 0.15) is 35.7 Å². The minimum atomic E-state index is -0.165. The van der Waals surface area contributed by atoms with Crippen molar-refractivity contribution in [1.82, 2.24) is 10.2 Å². The van der Waals surface area contributed by atoms with Gasteiger partial charge in [-0.3, -0.25) is 9.59 Å². The van der Waals surface area contributed by atoms with Crippen LogP contribution in [0.2, 0.25) is 5.02 Å². The Bertz CT molecular complexity index is 745. The zero-order valence-corrected chi connectivity index (χ0v) is 16.5. The monoisotopic (exact) mass is 388 g/mol. The third-order valence-corrected chi connectivity index (χ3v) is 4.29. The Morgan fingerprint density at radius 1 is 1.07 bits per heavy atom. The van der Waals surface area contributed by atoms with Gasteiger partial charge in [-0.15, -0.1) is 0 Å². The first-order chi connectivity index (χ1) is 13.0. The lowest BCUT2D eigenvalue weighted by Gasteiger charge is -2.17. The van der Waals surface area contributed by atoms with E-state index < -0.39 is 0 Å². The van der Waals surface area contributed by atoms with E-state index in [1.807, 2.05) is 31.2 Å². The number of carbonyl (C=O) groups is 2. The summed E-state index contributed by atoms with van der Waals surface area (Å²) in [6.45, 7) is 3.57. The number of benzene rings is 2. The van der Waals surface area contributed by atoms with Gasteiger partial charge in [0.05, 0.1) is 6.61 Å². The van der Waals surface area contributed by atoms with E-state index >= 15 is 0 Å². The molecule has 0 unspecified atom stereocenters. The fourth-order valence-electron chi connectivity index (χ4n) is 2.56. The van der Waals surface area contributed by atoms with Crippen molar-refractivity contribution >= 4 is 23.4 Å². The quantitative estimate of drug-likeness (QED) is 0.662. The summed E-state index contributed by atoms with van der Waals surface area (Å²) >= 11 is 5.81. The van der Waals surface area contributed by atoms with Gasteiger partial charge in [-0.2, -0.15) is 0 Å². The largest absolute Gasteiger partial charge is 0.494 e. The molecule has 0 saturated heterocycles. The van der Waals surface area contributed by atoms with E-state index in [1.54, 1.807) is 36.2 Å². The van der Waals surface area contributed by atoms with Crippen LogP contribution in [0.15, 0.2) is 48.5 Å². The van der Waals surface area contributed by atoms with Crippen LogP contribution in [-0.4, -0.2) is 36.9 Å². The van der Waals surface area contributed by atoms with Crippen LogP contribution >= 0.6 is 11.6 Å². The third-order valence-electron chi connectivity index (χ3n) is 4.04. The number of nitrogens with zero attached hydrogens (tertiary/aromatic N) is 1. The molecule has 0 atom stereocenters. The van der Waals surface area contributed by atoms with Crippen molar-refractivity contribution in [2.45, 2.75) is 26.3 Å². The van der Waals surface area contributed by atoms with E-state index in [1.165, 1.54) is 0 Å². The summed E-state index contributed by atoms with van der Waals surface area (Å²) in [4.78, 5) is 25.9. The van der Waals surface area contributed by atoms with Gasteiger partial charge in [-0.25, -0.2) is 0 Å². The second-order valence-electron chi connectivity index (χ2n) is 6.19. The maximum absolute atomic E-state index is 12.2. The molecule has 0 aromatic heterocycles. The molecule has 0 spiro atoms. The number of carbonyl (C=O) groups excluding carboxylic acids is 2. The Kier molecular flexibility index (Phi) is 8.14. The SMILES string of the molecule is CCOc1ccc(CN(C)C(=O)CCCNC(=O)c2ccc(Cl)cc2)cc1. The second kappa shape index (κ2) is 10.6. The molecule has 0 bridgehead atoms. The van der Waals surface area contributed by atoms with Crippen molar-refractivity contribution in [2.24, 2.45) is 0 Å². The lowest BCUT2D eigenvalue weighted by atomic mass is 10.2. The number of hydrogen-bond acceptors (Lipinski definition) is 3. The molecule has 1 N–H and O–H groups in total. The Balaban J connectivity index is 1.70. The Labute approximate surface area is 165 Å². The van der Waals surface area contributed by atoms with Gasteiger partial charge in [-0.1, -0.05) is 23.7 Å². The van der Waals surface area contributed by atoms with Gasteiger partial charge in [0.15, 0.2) is 0 Å². The highest BCUT2D eigenvalue weighted by Gasteiger charge is 2.10. The molecule has 0 heterocycles. The minimum absolute atomic E-state index is 0.0460. The van der Waals surface area contributed by atoms with Crippen LogP contribution in [0.25, 0.3) is 0 Å². The standard InChI is InChI=1S/C21H25ClN2O3/c1-3-27-19-12-6-16(7-13-19)15-24(2)20(25)5-4-14-23-21(26)17-8-10-18(22)11-9-17/h6-13H,3-5,14-15H2,1-2H3,(H,23,26). The average molecular weight is 389 g/mol. The summed E-state index contributed by atoms with van der Waals surface area (Å²) in [6.07, 6.45) is 0.972. The van der Waals surface area contributed by atoms with E-state index in [0.717, 1.165) is 11.3 Å². The van der Waals surface area contributed by atoms with E-state index in [9.17, 15) is 9.59 Å². The number of nitrogens with one attached hydrogen (secondary N) is 1. The van der Waals surface area contributed by atoms with Crippen molar-refractivity contribution in [3.05, 3.63) is 64.7 Å². The van der Waals surface area contributed by atoms with Gasteiger partial charge in [-0.05, 0) is 55.3 Å². The predicted molar refractivity (Wildman–Crippen MR) is 107 cm³/mol. The number of amides is 2. The summed E-state index contributed by atoms with van der Waals surface area (Å²) < 4.78 is 5.41. The van der Waals surface area contributed by atoms with Gasteiger partial charge >= 0.3 is 0 Å². The topological polar surface area (TPSA) is 58.6 Å². The first-order valence-corrected chi connectivity index (χ1v) is 9.37. The molecule has 6 heteroatoms. The molecule has 144 valence electrons. The van der Waals surface area contributed by atoms with Gasteiger partial charge in [0.25, 0.3) is 5.91 Å². The summed E-state index contributed by atoms with van der Waals surface area (Å²) in [6, 6.07) is 14.4. The van der Waals surface area contributed by atoms with E-state index in [-0.39, 0.29) is 11.8 Å². The van der Waals surface area contributed by atoms with Crippen LogP contribution < -0.4 is 10.1 Å². The molecule has 27 heavy (non-hydrogen) atoms. The first kappa shape index (κ1) is 20.8. The molecule has 0 aliphatic heterocycles. The highest BCUT2D eigenvalue weighted by Crippen LogP contribution is 2.14. The summed E-state index contributed by atoms with van der Waals surface area (Å²) in [5.41, 5.74) is 1.60. The minimum Gasteiger partial charge on any atom is -0.494 e. The second-order valence-corrected chi connectivity index (χ2v) is 6.63. The van der Waals surface area contributed by atoms with Crippen LogP contribution in [-0.2, 0) is 11.3 Å². The van der Waals surface area contributed by atoms with Crippen LogP contribution in [0.5, 0.6) is 5.75 Å². The zero-order valence-electron chi connectivity index (χ0n) is 15.7. The highest BCUT2D eigenvalue weighted by atomic mass is 35.5. The summed E-state index contributed by atoms with van der Waals surface area (Å²) in [7, 11) is 1.78. The Morgan fingerprint density at radius 3 is 2.37 bits per heavy atom. The molecule has 0 aliphatic carbocycles. The molecule has 2 amide bonds. The number of rotatable bonds is 9. The van der Waals surface area contributed by atoms with Crippen molar-refractivity contribution in [3.8, 4) is 5.75 Å². The molecular formula is C21H25ClN2O3. The maximum atomic E-state index is 12.2. The smallest absolute Gasteiger partial charge is 0.251 e. The molecule has 2 aromatic carbocycles. The van der Waals surface area contributed by atoms with Crippen molar-refractivity contribution in [1.29, 1.82) is 0 Å². The highest BCUT2D eigenvalue weighted by molar-refractivity contribution is 6.30. The molecule has 0 saturated carbocycles. The molecule has 2 rings (SSSR count). The summed E-state index contributed by atoms with van der Waals surface area (Å²) in [5, 5.41) is 3.40. The van der Waals surface area contributed by atoms with Crippen molar-refractivity contribution in [3.63, 3.8) is 0 Å². The normalized spacial score (nSPS) is 10.3. The predicted octanol–water partition coefficient (Wildman–Crippen LogP) is 3.91.